The topological polar surface area (TPSA) is 80.9 Å². The van der Waals surface area contributed by atoms with Crippen molar-refractivity contribution in [2.24, 2.45) is 5.73 Å². The van der Waals surface area contributed by atoms with Crippen molar-refractivity contribution < 1.29 is 4.79 Å². The summed E-state index contributed by atoms with van der Waals surface area (Å²) in [6.07, 6.45) is 0. The number of rotatable bonds is 4. The summed E-state index contributed by atoms with van der Waals surface area (Å²) in [5.74, 6) is -0.0457. The van der Waals surface area contributed by atoms with Crippen LogP contribution in [0.5, 0.6) is 0 Å². The Morgan fingerprint density at radius 2 is 2.00 bits per heavy atom. The van der Waals surface area contributed by atoms with Crippen LogP contribution in [0.15, 0.2) is 36.4 Å². The Bertz CT molecular complexity index is 585. The predicted octanol–water partition coefficient (Wildman–Crippen LogP) is 2.40. The van der Waals surface area contributed by atoms with Crippen LogP contribution in [-0.2, 0) is 0 Å². The van der Waals surface area contributed by atoms with Gasteiger partial charge in [0.05, 0.1) is 6.04 Å². The van der Waals surface area contributed by atoms with E-state index in [1.54, 1.807) is 6.07 Å². The van der Waals surface area contributed by atoms with Crippen molar-refractivity contribution in [2.75, 3.05) is 5.32 Å². The summed E-state index contributed by atoms with van der Waals surface area (Å²) in [6.45, 7) is 1.96. The van der Waals surface area contributed by atoms with Gasteiger partial charge >= 0.3 is 0 Å². The molecule has 1 aromatic heterocycles. The van der Waals surface area contributed by atoms with Gasteiger partial charge in [-0.25, -0.2) is 0 Å². The minimum atomic E-state index is -0.599. The fraction of sp³-hybridized carbons (Fsp3) is 0.154. The van der Waals surface area contributed by atoms with E-state index >= 15 is 0 Å². The van der Waals surface area contributed by atoms with E-state index in [0.717, 1.165) is 5.56 Å². The van der Waals surface area contributed by atoms with Gasteiger partial charge in [-0.2, -0.15) is 0 Å². The number of amides is 1. The Balaban J connectivity index is 2.13. The number of aromatic nitrogens is 2. The first-order chi connectivity index (χ1) is 9.08. The highest BCUT2D eigenvalue weighted by molar-refractivity contribution is 6.31. The van der Waals surface area contributed by atoms with Crippen LogP contribution < -0.4 is 11.1 Å². The van der Waals surface area contributed by atoms with Crippen LogP contribution in [0, 0.1) is 0 Å². The van der Waals surface area contributed by atoms with Crippen molar-refractivity contribution in [1.82, 2.24) is 10.2 Å². The highest BCUT2D eigenvalue weighted by atomic mass is 35.5. The molecule has 6 heteroatoms. The number of anilines is 1. The van der Waals surface area contributed by atoms with Crippen LogP contribution >= 0.6 is 11.6 Å². The van der Waals surface area contributed by atoms with Gasteiger partial charge in [0.2, 0.25) is 0 Å². The molecule has 0 saturated carbocycles. The second-order valence-corrected chi connectivity index (χ2v) is 4.46. The molecule has 1 atom stereocenters. The molecule has 1 heterocycles. The van der Waals surface area contributed by atoms with Gasteiger partial charge in [-0.05, 0) is 30.7 Å². The molecule has 0 saturated heterocycles. The molecule has 0 aliphatic heterocycles. The maximum absolute atomic E-state index is 10.9. The first kappa shape index (κ1) is 13.3. The molecule has 1 aromatic carbocycles. The Kier molecular flexibility index (Phi) is 3.97. The molecule has 0 bridgehead atoms. The third kappa shape index (κ3) is 3.20. The highest BCUT2D eigenvalue weighted by Crippen LogP contribution is 2.24. The summed E-state index contributed by atoms with van der Waals surface area (Å²) in [6, 6.07) is 10.7. The van der Waals surface area contributed by atoms with Gasteiger partial charge in [0.1, 0.15) is 5.82 Å². The minimum absolute atomic E-state index is 0.0255. The number of carbonyl (C=O) groups is 1. The highest BCUT2D eigenvalue weighted by Gasteiger charge is 2.10. The largest absolute Gasteiger partial charge is 0.364 e. The van der Waals surface area contributed by atoms with Crippen molar-refractivity contribution in [3.63, 3.8) is 0 Å². The summed E-state index contributed by atoms with van der Waals surface area (Å²) in [5.41, 5.74) is 6.19. The molecule has 5 nitrogen and oxygen atoms in total. The van der Waals surface area contributed by atoms with Crippen LogP contribution in [0.3, 0.4) is 0 Å². The summed E-state index contributed by atoms with van der Waals surface area (Å²) in [5, 5.41) is 11.5. The molecule has 0 fully saturated rings. The Morgan fingerprint density at radius 1 is 1.26 bits per heavy atom. The van der Waals surface area contributed by atoms with E-state index in [0.29, 0.717) is 10.8 Å². The van der Waals surface area contributed by atoms with Gasteiger partial charge in [0, 0.05) is 5.02 Å². The molecule has 1 amide bonds. The summed E-state index contributed by atoms with van der Waals surface area (Å²) in [7, 11) is 0. The van der Waals surface area contributed by atoms with Crippen molar-refractivity contribution in [2.45, 2.75) is 13.0 Å². The lowest BCUT2D eigenvalue weighted by Crippen LogP contribution is -2.15. The predicted molar refractivity (Wildman–Crippen MR) is 74.0 cm³/mol. The van der Waals surface area contributed by atoms with E-state index in [9.17, 15) is 4.79 Å². The van der Waals surface area contributed by atoms with Gasteiger partial charge < -0.3 is 11.1 Å². The normalized spacial score (nSPS) is 11.9. The third-order valence-electron chi connectivity index (χ3n) is 2.65. The number of halogens is 1. The maximum atomic E-state index is 10.9. The zero-order chi connectivity index (χ0) is 13.8. The smallest absolute Gasteiger partial charge is 0.269 e. The summed E-state index contributed by atoms with van der Waals surface area (Å²) in [4.78, 5) is 10.9. The minimum Gasteiger partial charge on any atom is -0.364 e. The van der Waals surface area contributed by atoms with Crippen LogP contribution in [0.4, 0.5) is 5.82 Å². The Labute approximate surface area is 115 Å². The standard InChI is InChI=1S/C13H13ClN4O/c1-8(9-4-2-3-5-10(9)14)16-12-7-6-11(13(15)19)17-18-12/h2-8H,1H3,(H2,15,19)(H,16,18). The number of benzene rings is 1. The zero-order valence-corrected chi connectivity index (χ0v) is 11.1. The molecular weight excluding hydrogens is 264 g/mol. The maximum Gasteiger partial charge on any atom is 0.269 e. The molecule has 0 radical (unpaired) electrons. The van der Waals surface area contributed by atoms with E-state index in [1.807, 2.05) is 31.2 Å². The quantitative estimate of drug-likeness (QED) is 0.898. The lowest BCUT2D eigenvalue weighted by molar-refractivity contribution is 0.0994. The van der Waals surface area contributed by atoms with Gasteiger partial charge in [-0.15, -0.1) is 10.2 Å². The summed E-state index contributed by atoms with van der Waals surface area (Å²) < 4.78 is 0. The van der Waals surface area contributed by atoms with E-state index in [-0.39, 0.29) is 11.7 Å². The number of hydrogen-bond acceptors (Lipinski definition) is 4. The second-order valence-electron chi connectivity index (χ2n) is 4.06. The molecule has 0 aliphatic rings. The molecule has 0 aliphatic carbocycles. The molecular formula is C13H13ClN4O. The number of nitrogens with two attached hydrogens (primary N) is 1. The Morgan fingerprint density at radius 3 is 2.58 bits per heavy atom. The van der Waals surface area contributed by atoms with Gasteiger partial charge in [-0.1, -0.05) is 29.8 Å². The number of nitrogens with one attached hydrogen (secondary N) is 1. The van der Waals surface area contributed by atoms with Crippen molar-refractivity contribution in [1.29, 1.82) is 0 Å². The monoisotopic (exact) mass is 276 g/mol. The lowest BCUT2D eigenvalue weighted by atomic mass is 10.1. The SMILES string of the molecule is CC(Nc1ccc(C(N)=O)nn1)c1ccccc1Cl. The molecule has 98 valence electrons. The van der Waals surface area contributed by atoms with Crippen LogP contribution in [0.25, 0.3) is 0 Å². The average Bonchev–Trinajstić information content (AvgIpc) is 2.39. The first-order valence-electron chi connectivity index (χ1n) is 5.72. The van der Waals surface area contributed by atoms with Crippen LogP contribution in [-0.4, -0.2) is 16.1 Å². The average molecular weight is 277 g/mol. The van der Waals surface area contributed by atoms with Gasteiger partial charge in [0.15, 0.2) is 5.69 Å². The lowest BCUT2D eigenvalue weighted by Gasteiger charge is -2.15. The fourth-order valence-electron chi connectivity index (χ4n) is 1.67. The van der Waals surface area contributed by atoms with Crippen LogP contribution in [0.2, 0.25) is 5.02 Å². The first-order valence-corrected chi connectivity index (χ1v) is 6.10. The van der Waals surface area contributed by atoms with E-state index in [1.165, 1.54) is 6.07 Å². The molecule has 3 N–H and O–H groups in total. The summed E-state index contributed by atoms with van der Waals surface area (Å²) >= 11 is 6.11. The molecule has 2 aromatic rings. The van der Waals surface area contributed by atoms with E-state index in [2.05, 4.69) is 15.5 Å². The number of hydrogen-bond donors (Lipinski definition) is 2. The number of nitrogens with zero attached hydrogens (tertiary/aromatic N) is 2. The molecule has 0 spiro atoms. The van der Waals surface area contributed by atoms with Crippen molar-refractivity contribution >= 4 is 23.3 Å². The van der Waals surface area contributed by atoms with Gasteiger partial charge in [-0.3, -0.25) is 4.79 Å². The van der Waals surface area contributed by atoms with Gasteiger partial charge in [0.25, 0.3) is 5.91 Å². The zero-order valence-electron chi connectivity index (χ0n) is 10.3. The third-order valence-corrected chi connectivity index (χ3v) is 3.00. The fourth-order valence-corrected chi connectivity index (χ4v) is 1.97. The van der Waals surface area contributed by atoms with Crippen molar-refractivity contribution in [3.8, 4) is 0 Å². The Hall–Kier alpha value is -2.14. The molecule has 2 rings (SSSR count). The van der Waals surface area contributed by atoms with E-state index in [4.69, 9.17) is 17.3 Å². The van der Waals surface area contributed by atoms with Crippen molar-refractivity contribution in [3.05, 3.63) is 52.7 Å². The van der Waals surface area contributed by atoms with Crippen LogP contribution in [0.1, 0.15) is 29.0 Å². The molecule has 1 unspecified atom stereocenters. The number of primary amides is 1. The van der Waals surface area contributed by atoms with E-state index < -0.39 is 5.91 Å². The molecule has 19 heavy (non-hydrogen) atoms. The second kappa shape index (κ2) is 5.67. The number of carbonyl (C=O) groups excluding carboxylic acids is 1.